The van der Waals surface area contributed by atoms with Crippen molar-refractivity contribution >= 4 is 12.0 Å². The molecule has 124 valence electrons. The summed E-state index contributed by atoms with van der Waals surface area (Å²) in [6.45, 7) is 2.04. The van der Waals surface area contributed by atoms with Crippen LogP contribution in [-0.2, 0) is 11.2 Å². The van der Waals surface area contributed by atoms with Crippen LogP contribution in [0.25, 0.3) is 0 Å². The fraction of sp³-hybridized carbons (Fsp3) is 0.556. The second kappa shape index (κ2) is 7.02. The molecule has 2 aliphatic heterocycles. The summed E-state index contributed by atoms with van der Waals surface area (Å²) in [5.74, 6) is -0.273. The maximum atomic E-state index is 12.6. The predicted molar refractivity (Wildman–Crippen MR) is 87.2 cm³/mol. The molecule has 1 aromatic rings. The summed E-state index contributed by atoms with van der Waals surface area (Å²) in [6.07, 6.45) is 4.40. The van der Waals surface area contributed by atoms with Crippen LogP contribution in [0.15, 0.2) is 30.3 Å². The SMILES string of the molecule is O=C(O)[C@H]1CCCN1C(=O)N1CCC(Cc2ccccc2)CC1. The van der Waals surface area contributed by atoms with E-state index in [0.717, 1.165) is 38.8 Å². The number of rotatable bonds is 3. The molecule has 23 heavy (non-hydrogen) atoms. The lowest BCUT2D eigenvalue weighted by Crippen LogP contribution is -2.50. The van der Waals surface area contributed by atoms with E-state index in [4.69, 9.17) is 0 Å². The van der Waals surface area contributed by atoms with E-state index < -0.39 is 12.0 Å². The molecule has 0 spiro atoms. The van der Waals surface area contributed by atoms with E-state index in [1.807, 2.05) is 11.0 Å². The van der Waals surface area contributed by atoms with Crippen LogP contribution in [0.5, 0.6) is 0 Å². The second-order valence-electron chi connectivity index (χ2n) is 6.59. The van der Waals surface area contributed by atoms with E-state index in [-0.39, 0.29) is 6.03 Å². The fourth-order valence-electron chi connectivity index (χ4n) is 3.71. The van der Waals surface area contributed by atoms with Gasteiger partial charge in [-0.15, -0.1) is 0 Å². The zero-order chi connectivity index (χ0) is 16.2. The molecule has 2 aliphatic rings. The van der Waals surface area contributed by atoms with Gasteiger partial charge in [0, 0.05) is 19.6 Å². The average Bonchev–Trinajstić information content (AvgIpc) is 3.06. The topological polar surface area (TPSA) is 60.9 Å². The van der Waals surface area contributed by atoms with Crippen LogP contribution in [-0.4, -0.2) is 52.6 Å². The van der Waals surface area contributed by atoms with Gasteiger partial charge in [0.05, 0.1) is 0 Å². The van der Waals surface area contributed by atoms with Crippen molar-refractivity contribution in [1.29, 1.82) is 0 Å². The highest BCUT2D eigenvalue weighted by Crippen LogP contribution is 2.25. The van der Waals surface area contributed by atoms with Gasteiger partial charge < -0.3 is 14.9 Å². The summed E-state index contributed by atoms with van der Waals surface area (Å²) in [5, 5.41) is 9.22. The Morgan fingerprint density at radius 3 is 2.39 bits per heavy atom. The van der Waals surface area contributed by atoms with Crippen molar-refractivity contribution < 1.29 is 14.7 Å². The molecule has 0 saturated carbocycles. The Balaban J connectivity index is 1.52. The Hall–Kier alpha value is -2.04. The third-order valence-corrected chi connectivity index (χ3v) is 5.04. The smallest absolute Gasteiger partial charge is 0.326 e. The molecule has 0 aromatic heterocycles. The van der Waals surface area contributed by atoms with E-state index in [2.05, 4.69) is 24.3 Å². The highest BCUT2D eigenvalue weighted by atomic mass is 16.4. The Bertz CT molecular complexity index is 553. The van der Waals surface area contributed by atoms with Crippen LogP contribution >= 0.6 is 0 Å². The number of carbonyl (C=O) groups excluding carboxylic acids is 1. The maximum absolute atomic E-state index is 12.6. The van der Waals surface area contributed by atoms with Crippen LogP contribution in [0.4, 0.5) is 4.79 Å². The molecule has 2 saturated heterocycles. The summed E-state index contributed by atoms with van der Waals surface area (Å²) in [6, 6.07) is 9.73. The van der Waals surface area contributed by atoms with Crippen LogP contribution in [0.2, 0.25) is 0 Å². The molecule has 1 aromatic carbocycles. The van der Waals surface area contributed by atoms with Gasteiger partial charge >= 0.3 is 12.0 Å². The van der Waals surface area contributed by atoms with Crippen molar-refractivity contribution in [2.24, 2.45) is 5.92 Å². The van der Waals surface area contributed by atoms with Gasteiger partial charge in [0.25, 0.3) is 0 Å². The number of piperidine rings is 1. The summed E-state index contributed by atoms with van der Waals surface area (Å²) >= 11 is 0. The number of aliphatic carboxylic acids is 1. The lowest BCUT2D eigenvalue weighted by molar-refractivity contribution is -0.141. The van der Waals surface area contributed by atoms with Gasteiger partial charge in [-0.3, -0.25) is 0 Å². The number of carboxylic acid groups (broad SMARTS) is 1. The van der Waals surface area contributed by atoms with E-state index in [9.17, 15) is 14.7 Å². The van der Waals surface area contributed by atoms with E-state index in [1.54, 1.807) is 4.90 Å². The van der Waals surface area contributed by atoms with Gasteiger partial charge in [0.1, 0.15) is 6.04 Å². The first-order chi connectivity index (χ1) is 11.1. The molecule has 1 atom stereocenters. The minimum atomic E-state index is -0.880. The van der Waals surface area contributed by atoms with Crippen LogP contribution in [0, 0.1) is 5.92 Å². The Kier molecular flexibility index (Phi) is 4.84. The van der Waals surface area contributed by atoms with Crippen molar-refractivity contribution in [2.75, 3.05) is 19.6 Å². The predicted octanol–water partition coefficient (Wildman–Crippen LogP) is 2.61. The summed E-state index contributed by atoms with van der Waals surface area (Å²) in [5.41, 5.74) is 1.35. The monoisotopic (exact) mass is 316 g/mol. The molecule has 1 N–H and O–H groups in total. The lowest BCUT2D eigenvalue weighted by atomic mass is 9.90. The third kappa shape index (κ3) is 3.66. The number of carboxylic acids is 1. The Labute approximate surface area is 136 Å². The number of amides is 2. The van der Waals surface area contributed by atoms with Gasteiger partial charge in [0.2, 0.25) is 0 Å². The van der Waals surface area contributed by atoms with Gasteiger partial charge in [-0.25, -0.2) is 9.59 Å². The molecular formula is C18H24N2O3. The first kappa shape index (κ1) is 15.8. The first-order valence-electron chi connectivity index (χ1n) is 8.47. The molecular weight excluding hydrogens is 292 g/mol. The zero-order valence-electron chi connectivity index (χ0n) is 13.4. The Morgan fingerprint density at radius 1 is 1.04 bits per heavy atom. The molecule has 5 nitrogen and oxygen atoms in total. The highest BCUT2D eigenvalue weighted by Gasteiger charge is 2.37. The van der Waals surface area contributed by atoms with Crippen LogP contribution in [0.3, 0.4) is 0 Å². The molecule has 2 amide bonds. The summed E-state index contributed by atoms with van der Waals surface area (Å²) in [7, 11) is 0. The van der Waals surface area contributed by atoms with Gasteiger partial charge in [-0.05, 0) is 43.6 Å². The van der Waals surface area contributed by atoms with Gasteiger partial charge in [-0.1, -0.05) is 30.3 Å². The molecule has 5 heteroatoms. The maximum Gasteiger partial charge on any atom is 0.326 e. The van der Waals surface area contributed by atoms with Crippen molar-refractivity contribution in [1.82, 2.24) is 9.80 Å². The molecule has 0 radical (unpaired) electrons. The number of likely N-dealkylation sites (tertiary alicyclic amines) is 2. The normalized spacial score (nSPS) is 22.3. The quantitative estimate of drug-likeness (QED) is 0.932. The third-order valence-electron chi connectivity index (χ3n) is 5.04. The minimum Gasteiger partial charge on any atom is -0.480 e. The Morgan fingerprint density at radius 2 is 1.74 bits per heavy atom. The molecule has 3 rings (SSSR count). The lowest BCUT2D eigenvalue weighted by Gasteiger charge is -2.35. The second-order valence-corrected chi connectivity index (χ2v) is 6.59. The summed E-state index contributed by atoms with van der Waals surface area (Å²) in [4.78, 5) is 27.2. The molecule has 2 fully saturated rings. The fourth-order valence-corrected chi connectivity index (χ4v) is 3.71. The molecule has 0 aliphatic carbocycles. The van der Waals surface area contributed by atoms with Crippen molar-refractivity contribution in [3.63, 3.8) is 0 Å². The number of hydrogen-bond acceptors (Lipinski definition) is 2. The summed E-state index contributed by atoms with van der Waals surface area (Å²) < 4.78 is 0. The van der Waals surface area contributed by atoms with Crippen molar-refractivity contribution in [3.05, 3.63) is 35.9 Å². The van der Waals surface area contributed by atoms with Crippen molar-refractivity contribution in [2.45, 2.75) is 38.1 Å². The first-order valence-corrected chi connectivity index (χ1v) is 8.47. The average molecular weight is 316 g/mol. The number of hydrogen-bond donors (Lipinski definition) is 1. The van der Waals surface area contributed by atoms with E-state index >= 15 is 0 Å². The van der Waals surface area contributed by atoms with Gasteiger partial charge in [-0.2, -0.15) is 0 Å². The largest absolute Gasteiger partial charge is 0.480 e. The molecule has 0 unspecified atom stereocenters. The van der Waals surface area contributed by atoms with E-state index in [0.29, 0.717) is 18.9 Å². The molecule has 2 heterocycles. The number of carbonyl (C=O) groups is 2. The number of nitrogens with zero attached hydrogens (tertiary/aromatic N) is 2. The van der Waals surface area contributed by atoms with Crippen LogP contribution < -0.4 is 0 Å². The van der Waals surface area contributed by atoms with E-state index in [1.165, 1.54) is 5.56 Å². The minimum absolute atomic E-state index is 0.0898. The number of benzene rings is 1. The zero-order valence-corrected chi connectivity index (χ0v) is 13.4. The van der Waals surface area contributed by atoms with Gasteiger partial charge in [0.15, 0.2) is 0 Å². The molecule has 0 bridgehead atoms. The standard InChI is InChI=1S/C18H24N2O3/c21-17(22)16-7-4-10-20(16)18(23)19-11-8-15(9-12-19)13-14-5-2-1-3-6-14/h1-3,5-6,15-16H,4,7-13H2,(H,21,22)/t16-/m1/s1. The number of urea groups is 1. The highest BCUT2D eigenvalue weighted by molar-refractivity contribution is 5.83. The van der Waals surface area contributed by atoms with Crippen LogP contribution in [0.1, 0.15) is 31.2 Å². The van der Waals surface area contributed by atoms with Crippen molar-refractivity contribution in [3.8, 4) is 0 Å².